The van der Waals surface area contributed by atoms with Gasteiger partial charge in [0.25, 0.3) is 0 Å². The topological polar surface area (TPSA) is 30.5 Å². The number of rotatable bonds is 8. The zero-order chi connectivity index (χ0) is 16.0. The van der Waals surface area contributed by atoms with E-state index in [0.29, 0.717) is 11.8 Å². The summed E-state index contributed by atoms with van der Waals surface area (Å²) in [7, 11) is 1.65. The quantitative estimate of drug-likeness (QED) is 0.648. The highest BCUT2D eigenvalue weighted by Crippen LogP contribution is 2.36. The van der Waals surface area contributed by atoms with Gasteiger partial charge in [-0.1, -0.05) is 27.7 Å². The van der Waals surface area contributed by atoms with Crippen molar-refractivity contribution in [3.05, 3.63) is 21.1 Å². The molecule has 120 valence electrons. The zero-order valence-corrected chi connectivity index (χ0v) is 16.5. The summed E-state index contributed by atoms with van der Waals surface area (Å²) in [5, 5.41) is 3.47. The first-order valence-corrected chi connectivity index (χ1v) is 8.84. The van der Waals surface area contributed by atoms with Gasteiger partial charge in [-0.15, -0.1) is 0 Å². The van der Waals surface area contributed by atoms with Gasteiger partial charge in [-0.2, -0.15) is 0 Å². The molecule has 0 aromatic heterocycles. The largest absolute Gasteiger partial charge is 0.496 e. The van der Waals surface area contributed by atoms with Crippen molar-refractivity contribution in [1.29, 1.82) is 0 Å². The van der Waals surface area contributed by atoms with E-state index in [9.17, 15) is 0 Å². The first kappa shape index (κ1) is 18.8. The average molecular weight is 423 g/mol. The van der Waals surface area contributed by atoms with Gasteiger partial charge in [0.2, 0.25) is 0 Å². The van der Waals surface area contributed by atoms with E-state index in [1.807, 2.05) is 12.1 Å². The lowest BCUT2D eigenvalue weighted by atomic mass is 10.1. The molecule has 1 aromatic carbocycles. The maximum Gasteiger partial charge on any atom is 0.135 e. The standard InChI is InChI=1S/C16H25Br2NO2/c1-10(2)8-19-9-16(11(3)4)21-15-7-12(17)14(20-5)6-13(15)18/h6-7,10-11,16,19H,8-9H2,1-5H3. The van der Waals surface area contributed by atoms with Crippen LogP contribution in [0.25, 0.3) is 0 Å². The lowest BCUT2D eigenvalue weighted by Crippen LogP contribution is -2.37. The number of halogens is 2. The van der Waals surface area contributed by atoms with Gasteiger partial charge in [0, 0.05) is 6.54 Å². The SMILES string of the molecule is COc1cc(Br)c(OC(CNCC(C)C)C(C)C)cc1Br. The Balaban J connectivity index is 2.77. The third-order valence-electron chi connectivity index (χ3n) is 3.13. The second kappa shape index (κ2) is 9.01. The van der Waals surface area contributed by atoms with Gasteiger partial charge in [-0.25, -0.2) is 0 Å². The van der Waals surface area contributed by atoms with E-state index in [0.717, 1.165) is 33.5 Å². The number of hydrogen-bond acceptors (Lipinski definition) is 3. The molecule has 1 unspecified atom stereocenters. The van der Waals surface area contributed by atoms with Crippen LogP contribution < -0.4 is 14.8 Å². The van der Waals surface area contributed by atoms with Crippen LogP contribution in [0.5, 0.6) is 11.5 Å². The lowest BCUT2D eigenvalue weighted by Gasteiger charge is -2.24. The van der Waals surface area contributed by atoms with Crippen LogP contribution in [0, 0.1) is 11.8 Å². The van der Waals surface area contributed by atoms with Crippen LogP contribution in [0.3, 0.4) is 0 Å². The Labute approximate surface area is 145 Å². The molecular weight excluding hydrogens is 398 g/mol. The molecule has 1 N–H and O–H groups in total. The molecule has 0 saturated carbocycles. The number of ether oxygens (including phenoxy) is 2. The summed E-state index contributed by atoms with van der Waals surface area (Å²) < 4.78 is 13.2. The van der Waals surface area contributed by atoms with Gasteiger partial charge in [-0.3, -0.25) is 0 Å². The Morgan fingerprint density at radius 3 is 2.10 bits per heavy atom. The minimum Gasteiger partial charge on any atom is -0.496 e. The van der Waals surface area contributed by atoms with Crippen LogP contribution in [0.1, 0.15) is 27.7 Å². The van der Waals surface area contributed by atoms with Gasteiger partial charge >= 0.3 is 0 Å². The van der Waals surface area contributed by atoms with E-state index >= 15 is 0 Å². The zero-order valence-electron chi connectivity index (χ0n) is 13.4. The van der Waals surface area contributed by atoms with Crippen molar-refractivity contribution in [2.75, 3.05) is 20.2 Å². The molecule has 0 saturated heterocycles. The van der Waals surface area contributed by atoms with E-state index in [2.05, 4.69) is 64.9 Å². The van der Waals surface area contributed by atoms with Gasteiger partial charge in [0.15, 0.2) is 0 Å². The molecule has 0 bridgehead atoms. The van der Waals surface area contributed by atoms with Crippen molar-refractivity contribution in [1.82, 2.24) is 5.32 Å². The minimum atomic E-state index is 0.125. The highest BCUT2D eigenvalue weighted by atomic mass is 79.9. The summed E-state index contributed by atoms with van der Waals surface area (Å²) in [6.07, 6.45) is 0.125. The molecule has 0 aliphatic carbocycles. The minimum absolute atomic E-state index is 0.125. The molecule has 0 aliphatic heterocycles. The first-order valence-electron chi connectivity index (χ1n) is 7.25. The van der Waals surface area contributed by atoms with Gasteiger partial charge in [0.1, 0.15) is 17.6 Å². The highest BCUT2D eigenvalue weighted by Gasteiger charge is 2.18. The molecule has 3 nitrogen and oxygen atoms in total. The Bertz CT molecular complexity index is 450. The fourth-order valence-electron chi connectivity index (χ4n) is 1.85. The Morgan fingerprint density at radius 1 is 1.00 bits per heavy atom. The van der Waals surface area contributed by atoms with E-state index in [-0.39, 0.29) is 6.10 Å². The number of benzene rings is 1. The molecule has 1 rings (SSSR count). The van der Waals surface area contributed by atoms with Crippen LogP contribution in [0.2, 0.25) is 0 Å². The predicted molar refractivity (Wildman–Crippen MR) is 95.4 cm³/mol. The summed E-state index contributed by atoms with van der Waals surface area (Å²) in [5.74, 6) is 2.68. The normalized spacial score (nSPS) is 12.8. The third-order valence-corrected chi connectivity index (χ3v) is 4.37. The molecule has 0 aliphatic rings. The maximum absolute atomic E-state index is 6.17. The van der Waals surface area contributed by atoms with Crippen LogP contribution in [-0.2, 0) is 0 Å². The molecule has 0 amide bonds. The molecule has 0 spiro atoms. The number of nitrogens with one attached hydrogen (secondary N) is 1. The molecule has 0 radical (unpaired) electrons. The van der Waals surface area contributed by atoms with Gasteiger partial charge < -0.3 is 14.8 Å². The van der Waals surface area contributed by atoms with Crippen LogP contribution >= 0.6 is 31.9 Å². The van der Waals surface area contributed by atoms with Crippen molar-refractivity contribution < 1.29 is 9.47 Å². The average Bonchev–Trinajstić information content (AvgIpc) is 2.40. The number of hydrogen-bond donors (Lipinski definition) is 1. The monoisotopic (exact) mass is 421 g/mol. The predicted octanol–water partition coefficient (Wildman–Crippen LogP) is 4.87. The smallest absolute Gasteiger partial charge is 0.135 e. The van der Waals surface area contributed by atoms with Crippen LogP contribution in [-0.4, -0.2) is 26.3 Å². The summed E-state index contributed by atoms with van der Waals surface area (Å²) in [6, 6.07) is 3.86. The lowest BCUT2D eigenvalue weighted by molar-refractivity contribution is 0.146. The fourth-order valence-corrected chi connectivity index (χ4v) is 2.75. The van der Waals surface area contributed by atoms with Crippen LogP contribution in [0.4, 0.5) is 0 Å². The van der Waals surface area contributed by atoms with E-state index in [4.69, 9.17) is 9.47 Å². The Hall–Kier alpha value is -0.260. The van der Waals surface area contributed by atoms with Crippen molar-refractivity contribution in [2.45, 2.75) is 33.8 Å². The molecular formula is C16H25Br2NO2. The van der Waals surface area contributed by atoms with Gasteiger partial charge in [-0.05, 0) is 62.4 Å². The molecule has 1 atom stereocenters. The molecule has 0 heterocycles. The van der Waals surface area contributed by atoms with Crippen molar-refractivity contribution in [2.24, 2.45) is 11.8 Å². The fraction of sp³-hybridized carbons (Fsp3) is 0.625. The summed E-state index contributed by atoms with van der Waals surface area (Å²) in [6.45, 7) is 10.6. The van der Waals surface area contributed by atoms with E-state index < -0.39 is 0 Å². The summed E-state index contributed by atoms with van der Waals surface area (Å²) in [4.78, 5) is 0. The summed E-state index contributed by atoms with van der Waals surface area (Å²) >= 11 is 7.04. The highest BCUT2D eigenvalue weighted by molar-refractivity contribution is 9.11. The van der Waals surface area contributed by atoms with Crippen LogP contribution in [0.15, 0.2) is 21.1 Å². The Morgan fingerprint density at radius 2 is 1.57 bits per heavy atom. The molecule has 0 fully saturated rings. The molecule has 5 heteroatoms. The van der Waals surface area contributed by atoms with Crippen molar-refractivity contribution in [3.8, 4) is 11.5 Å². The summed E-state index contributed by atoms with van der Waals surface area (Å²) in [5.41, 5.74) is 0. The Kier molecular flexibility index (Phi) is 8.06. The first-order chi connectivity index (χ1) is 9.85. The maximum atomic E-state index is 6.17. The van der Waals surface area contributed by atoms with Crippen molar-refractivity contribution >= 4 is 31.9 Å². The second-order valence-electron chi connectivity index (χ2n) is 5.87. The van der Waals surface area contributed by atoms with Crippen molar-refractivity contribution in [3.63, 3.8) is 0 Å². The molecule has 1 aromatic rings. The van der Waals surface area contributed by atoms with E-state index in [1.54, 1.807) is 7.11 Å². The molecule has 21 heavy (non-hydrogen) atoms. The third kappa shape index (κ3) is 6.17. The second-order valence-corrected chi connectivity index (χ2v) is 7.58. The van der Waals surface area contributed by atoms with E-state index in [1.165, 1.54) is 0 Å². The number of methoxy groups -OCH3 is 1. The van der Waals surface area contributed by atoms with Gasteiger partial charge in [0.05, 0.1) is 16.1 Å².